The van der Waals surface area contributed by atoms with Crippen LogP contribution in [-0.4, -0.2) is 25.1 Å². The van der Waals surface area contributed by atoms with E-state index in [2.05, 4.69) is 0 Å². The van der Waals surface area contributed by atoms with E-state index < -0.39 is 0 Å². The predicted molar refractivity (Wildman–Crippen MR) is 88.3 cm³/mol. The molecule has 0 fully saturated rings. The topological polar surface area (TPSA) is 55.8 Å². The molecule has 0 heterocycles. The number of methoxy groups -OCH3 is 2. The van der Waals surface area contributed by atoms with Gasteiger partial charge >= 0.3 is 0 Å². The van der Waals surface area contributed by atoms with Crippen LogP contribution in [0.25, 0.3) is 6.08 Å². The molecule has 23 heavy (non-hydrogen) atoms. The number of benzene rings is 2. The van der Waals surface area contributed by atoms with Crippen molar-refractivity contribution in [2.45, 2.75) is 12.8 Å². The summed E-state index contributed by atoms with van der Waals surface area (Å²) in [7, 11) is 3.16. The second-order valence-electron chi connectivity index (χ2n) is 5.45. The van der Waals surface area contributed by atoms with E-state index in [0.717, 1.165) is 17.7 Å². The second-order valence-corrected chi connectivity index (χ2v) is 5.45. The minimum atomic E-state index is 0.00382. The summed E-state index contributed by atoms with van der Waals surface area (Å²) in [6.07, 6.45) is 3.18. The Bertz CT molecular complexity index is 790. The maximum absolute atomic E-state index is 12.6. The number of phenolic OH excluding ortho intramolecular Hbond substituents is 1. The number of phenols is 1. The Labute approximate surface area is 135 Å². The molecular formula is C19H18O4. The average molecular weight is 310 g/mol. The molecular weight excluding hydrogens is 292 g/mol. The molecule has 118 valence electrons. The highest BCUT2D eigenvalue weighted by atomic mass is 16.5. The van der Waals surface area contributed by atoms with Gasteiger partial charge in [-0.15, -0.1) is 0 Å². The van der Waals surface area contributed by atoms with Gasteiger partial charge in [0.05, 0.1) is 14.2 Å². The van der Waals surface area contributed by atoms with Gasteiger partial charge in [-0.25, -0.2) is 0 Å². The first kappa shape index (κ1) is 15.2. The summed E-state index contributed by atoms with van der Waals surface area (Å²) < 4.78 is 10.3. The van der Waals surface area contributed by atoms with E-state index in [4.69, 9.17) is 9.47 Å². The van der Waals surface area contributed by atoms with Gasteiger partial charge in [0, 0.05) is 22.8 Å². The van der Waals surface area contributed by atoms with Crippen LogP contribution in [0.1, 0.15) is 27.9 Å². The zero-order chi connectivity index (χ0) is 16.4. The summed E-state index contributed by atoms with van der Waals surface area (Å²) in [4.78, 5) is 12.6. The fourth-order valence-electron chi connectivity index (χ4n) is 2.78. The van der Waals surface area contributed by atoms with Crippen LogP contribution in [0.2, 0.25) is 0 Å². The monoisotopic (exact) mass is 310 g/mol. The molecule has 2 aromatic rings. The molecule has 0 aromatic heterocycles. The van der Waals surface area contributed by atoms with Crippen LogP contribution in [0.5, 0.6) is 17.2 Å². The molecule has 4 heteroatoms. The number of carbonyl (C=O) groups excluding carboxylic acids is 1. The molecule has 0 aliphatic heterocycles. The highest BCUT2D eigenvalue weighted by Crippen LogP contribution is 2.31. The Hall–Kier alpha value is -2.75. The van der Waals surface area contributed by atoms with Crippen molar-refractivity contribution in [3.05, 3.63) is 58.7 Å². The minimum absolute atomic E-state index is 0.00382. The second kappa shape index (κ2) is 6.16. The van der Waals surface area contributed by atoms with Gasteiger partial charge in [-0.3, -0.25) is 4.79 Å². The Morgan fingerprint density at radius 1 is 1.00 bits per heavy atom. The van der Waals surface area contributed by atoms with Crippen LogP contribution < -0.4 is 9.47 Å². The third kappa shape index (κ3) is 2.93. The Balaban J connectivity index is 1.94. The quantitative estimate of drug-likeness (QED) is 0.880. The van der Waals surface area contributed by atoms with E-state index in [9.17, 15) is 9.90 Å². The lowest BCUT2D eigenvalue weighted by molar-refractivity contribution is 0.102. The van der Waals surface area contributed by atoms with Crippen molar-refractivity contribution in [1.29, 1.82) is 0 Å². The number of aromatic hydroxyl groups is 1. The van der Waals surface area contributed by atoms with E-state index in [1.54, 1.807) is 50.6 Å². The Morgan fingerprint density at radius 3 is 2.39 bits per heavy atom. The number of hydrogen-bond acceptors (Lipinski definition) is 4. The van der Waals surface area contributed by atoms with Gasteiger partial charge in [-0.1, -0.05) is 0 Å². The molecule has 0 spiro atoms. The van der Waals surface area contributed by atoms with E-state index in [-0.39, 0.29) is 11.5 Å². The molecule has 1 N–H and O–H groups in total. The summed E-state index contributed by atoms with van der Waals surface area (Å²) in [6, 6.07) is 10.6. The average Bonchev–Trinajstić information content (AvgIpc) is 2.58. The number of carbonyl (C=O) groups is 1. The van der Waals surface area contributed by atoms with Crippen LogP contribution in [0, 0.1) is 0 Å². The first-order valence-corrected chi connectivity index (χ1v) is 7.41. The molecule has 0 saturated heterocycles. The van der Waals surface area contributed by atoms with Crippen LogP contribution in [0.15, 0.2) is 42.0 Å². The molecule has 0 radical (unpaired) electrons. The minimum Gasteiger partial charge on any atom is -0.507 e. The van der Waals surface area contributed by atoms with Crippen LogP contribution in [0.4, 0.5) is 0 Å². The number of ether oxygens (including phenoxy) is 2. The summed E-state index contributed by atoms with van der Waals surface area (Å²) in [5.41, 5.74) is 3.02. The Kier molecular flexibility index (Phi) is 4.06. The molecule has 0 bridgehead atoms. The van der Waals surface area contributed by atoms with Crippen LogP contribution >= 0.6 is 0 Å². The molecule has 0 saturated carbocycles. The number of ketones is 1. The van der Waals surface area contributed by atoms with Gasteiger partial charge in [-0.05, 0) is 54.8 Å². The van der Waals surface area contributed by atoms with Gasteiger partial charge in [-0.2, -0.15) is 0 Å². The molecule has 1 aliphatic carbocycles. The predicted octanol–water partition coefficient (Wildman–Crippen LogP) is 3.62. The molecule has 2 aromatic carbocycles. The van der Waals surface area contributed by atoms with Crippen LogP contribution in [-0.2, 0) is 6.42 Å². The number of aryl methyl sites for hydroxylation is 1. The van der Waals surface area contributed by atoms with E-state index in [0.29, 0.717) is 28.9 Å². The number of fused-ring (bicyclic) bond motifs is 1. The van der Waals surface area contributed by atoms with Gasteiger partial charge < -0.3 is 14.6 Å². The van der Waals surface area contributed by atoms with Crippen molar-refractivity contribution >= 4 is 11.9 Å². The zero-order valence-electron chi connectivity index (χ0n) is 13.1. The zero-order valence-corrected chi connectivity index (χ0v) is 13.1. The first-order chi connectivity index (χ1) is 11.1. The highest BCUT2D eigenvalue weighted by molar-refractivity contribution is 6.13. The lowest BCUT2D eigenvalue weighted by Crippen LogP contribution is -2.14. The molecule has 3 rings (SSSR count). The lowest BCUT2D eigenvalue weighted by Gasteiger charge is -2.18. The van der Waals surface area contributed by atoms with Crippen molar-refractivity contribution in [3.63, 3.8) is 0 Å². The summed E-state index contributed by atoms with van der Waals surface area (Å²) in [6.45, 7) is 0. The van der Waals surface area contributed by atoms with Gasteiger partial charge in [0.2, 0.25) is 0 Å². The van der Waals surface area contributed by atoms with Crippen molar-refractivity contribution < 1.29 is 19.4 Å². The molecule has 1 aliphatic rings. The standard InChI is InChI=1S/C19H18O4/c1-22-15-7-8-17-12(10-15)3-4-14(19(17)21)9-13-5-6-16(23-2)11-18(13)20/h5-11,20H,3-4H2,1-2H3. The van der Waals surface area contributed by atoms with Gasteiger partial charge in [0.15, 0.2) is 5.78 Å². The van der Waals surface area contributed by atoms with Crippen molar-refractivity contribution in [1.82, 2.24) is 0 Å². The third-order valence-corrected chi connectivity index (χ3v) is 4.08. The summed E-state index contributed by atoms with van der Waals surface area (Å²) >= 11 is 0. The number of rotatable bonds is 3. The number of allylic oxidation sites excluding steroid dienone is 1. The molecule has 4 nitrogen and oxygen atoms in total. The highest BCUT2D eigenvalue weighted by Gasteiger charge is 2.22. The molecule has 0 atom stereocenters. The van der Waals surface area contributed by atoms with Crippen molar-refractivity contribution in [3.8, 4) is 17.2 Å². The first-order valence-electron chi connectivity index (χ1n) is 7.41. The van der Waals surface area contributed by atoms with E-state index >= 15 is 0 Å². The smallest absolute Gasteiger partial charge is 0.189 e. The maximum atomic E-state index is 12.6. The number of hydrogen-bond donors (Lipinski definition) is 1. The fourth-order valence-corrected chi connectivity index (χ4v) is 2.78. The van der Waals surface area contributed by atoms with E-state index in [1.807, 2.05) is 6.07 Å². The summed E-state index contributed by atoms with van der Waals surface area (Å²) in [5.74, 6) is 1.45. The Morgan fingerprint density at radius 2 is 1.70 bits per heavy atom. The third-order valence-electron chi connectivity index (χ3n) is 4.08. The van der Waals surface area contributed by atoms with Crippen molar-refractivity contribution in [2.75, 3.05) is 14.2 Å². The molecule has 0 amide bonds. The van der Waals surface area contributed by atoms with E-state index in [1.165, 1.54) is 0 Å². The lowest BCUT2D eigenvalue weighted by atomic mass is 9.86. The normalized spacial score (nSPS) is 15.4. The van der Waals surface area contributed by atoms with Gasteiger partial charge in [0.25, 0.3) is 0 Å². The summed E-state index contributed by atoms with van der Waals surface area (Å²) in [5, 5.41) is 10.1. The largest absolute Gasteiger partial charge is 0.507 e. The van der Waals surface area contributed by atoms with Crippen molar-refractivity contribution in [2.24, 2.45) is 0 Å². The SMILES string of the molecule is COc1ccc(C=C2CCc3cc(OC)ccc3C2=O)c(O)c1. The van der Waals surface area contributed by atoms with Gasteiger partial charge in [0.1, 0.15) is 17.2 Å². The molecule has 0 unspecified atom stereocenters. The van der Waals surface area contributed by atoms with Crippen LogP contribution in [0.3, 0.4) is 0 Å². The fraction of sp³-hybridized carbons (Fsp3) is 0.211. The maximum Gasteiger partial charge on any atom is 0.189 e. The number of Topliss-reactive ketones (excluding diaryl/α,β-unsaturated/α-hetero) is 1.